The molecule has 1 aliphatic carbocycles. The van der Waals surface area contributed by atoms with E-state index in [0.29, 0.717) is 19.3 Å². The first kappa shape index (κ1) is 22.4. The standard InChI is InChI=1S/C19H32O8/c1-10(26-18-17(25)16(24)15(23)14(9-21)27-18)4-5-13-11(8-20)6-12(22)7-19(13,2)3/h6,10,13-18,20-21,23-25H,4-5,7-9H2,1-3H3/t10-,13+,14-,15+,16+,17-,18-/m1/s1. The summed E-state index contributed by atoms with van der Waals surface area (Å²) < 4.78 is 11.1. The molecule has 0 radical (unpaired) electrons. The highest BCUT2D eigenvalue weighted by Crippen LogP contribution is 2.42. The van der Waals surface area contributed by atoms with Crippen LogP contribution in [0.1, 0.15) is 40.0 Å². The highest BCUT2D eigenvalue weighted by molar-refractivity contribution is 5.92. The van der Waals surface area contributed by atoms with E-state index in [2.05, 4.69) is 0 Å². The summed E-state index contributed by atoms with van der Waals surface area (Å²) in [7, 11) is 0. The van der Waals surface area contributed by atoms with Gasteiger partial charge in [0.25, 0.3) is 0 Å². The molecule has 1 fully saturated rings. The Kier molecular flexibility index (Phi) is 7.54. The number of carbonyl (C=O) groups excluding carboxylic acids is 1. The van der Waals surface area contributed by atoms with E-state index in [4.69, 9.17) is 9.47 Å². The fourth-order valence-electron chi connectivity index (χ4n) is 4.04. The van der Waals surface area contributed by atoms with Crippen LogP contribution in [-0.2, 0) is 14.3 Å². The van der Waals surface area contributed by atoms with Crippen molar-refractivity contribution in [2.24, 2.45) is 11.3 Å². The fourth-order valence-corrected chi connectivity index (χ4v) is 4.04. The molecule has 0 aromatic rings. The number of rotatable bonds is 7. The molecule has 7 atom stereocenters. The van der Waals surface area contributed by atoms with Gasteiger partial charge in [0, 0.05) is 6.42 Å². The van der Waals surface area contributed by atoms with Gasteiger partial charge in [0.1, 0.15) is 24.4 Å². The molecular formula is C19H32O8. The first-order valence-corrected chi connectivity index (χ1v) is 9.40. The molecule has 8 heteroatoms. The third-order valence-corrected chi connectivity index (χ3v) is 5.63. The third-order valence-electron chi connectivity index (χ3n) is 5.63. The van der Waals surface area contributed by atoms with Crippen molar-refractivity contribution < 1.29 is 39.8 Å². The molecule has 2 aliphatic rings. The van der Waals surface area contributed by atoms with Crippen molar-refractivity contribution in [3.63, 3.8) is 0 Å². The maximum atomic E-state index is 11.8. The van der Waals surface area contributed by atoms with Crippen molar-refractivity contribution in [2.75, 3.05) is 13.2 Å². The second-order valence-corrected chi connectivity index (χ2v) is 8.28. The Hall–Kier alpha value is -0.870. The minimum absolute atomic E-state index is 0.0194. The monoisotopic (exact) mass is 388 g/mol. The highest BCUT2D eigenvalue weighted by Gasteiger charge is 2.44. The Bertz CT molecular complexity index is 544. The van der Waals surface area contributed by atoms with E-state index in [1.807, 2.05) is 13.8 Å². The van der Waals surface area contributed by atoms with E-state index in [-0.39, 0.29) is 29.8 Å². The fraction of sp³-hybridized carbons (Fsp3) is 0.842. The van der Waals surface area contributed by atoms with Crippen LogP contribution >= 0.6 is 0 Å². The van der Waals surface area contributed by atoms with E-state index < -0.39 is 37.3 Å². The molecule has 0 aromatic heterocycles. The average Bonchev–Trinajstić information content (AvgIpc) is 2.59. The van der Waals surface area contributed by atoms with Crippen LogP contribution in [0, 0.1) is 11.3 Å². The molecular weight excluding hydrogens is 356 g/mol. The van der Waals surface area contributed by atoms with E-state index in [1.165, 1.54) is 6.08 Å². The molecule has 0 saturated carbocycles. The molecule has 5 N–H and O–H groups in total. The van der Waals surface area contributed by atoms with Crippen molar-refractivity contribution >= 4 is 5.78 Å². The van der Waals surface area contributed by atoms with Gasteiger partial charge in [0.2, 0.25) is 0 Å². The second-order valence-electron chi connectivity index (χ2n) is 8.28. The van der Waals surface area contributed by atoms with E-state index >= 15 is 0 Å². The number of ether oxygens (including phenoxy) is 2. The summed E-state index contributed by atoms with van der Waals surface area (Å²) in [5.41, 5.74) is 0.448. The van der Waals surface area contributed by atoms with Gasteiger partial charge in [-0.25, -0.2) is 0 Å². The summed E-state index contributed by atoms with van der Waals surface area (Å²) in [5, 5.41) is 48.5. The summed E-state index contributed by atoms with van der Waals surface area (Å²) in [6.45, 7) is 5.13. The second kappa shape index (κ2) is 9.09. The van der Waals surface area contributed by atoms with E-state index in [0.717, 1.165) is 5.57 Å². The van der Waals surface area contributed by atoms with Crippen LogP contribution in [0.4, 0.5) is 0 Å². The zero-order valence-electron chi connectivity index (χ0n) is 16.1. The molecule has 1 saturated heterocycles. The number of hydrogen-bond acceptors (Lipinski definition) is 8. The lowest BCUT2D eigenvalue weighted by atomic mass is 9.66. The number of ketones is 1. The number of hydrogen-bond donors (Lipinski definition) is 5. The smallest absolute Gasteiger partial charge is 0.186 e. The quantitative estimate of drug-likeness (QED) is 0.394. The van der Waals surface area contributed by atoms with Crippen molar-refractivity contribution in [3.05, 3.63) is 11.6 Å². The van der Waals surface area contributed by atoms with Gasteiger partial charge in [-0.3, -0.25) is 4.79 Å². The van der Waals surface area contributed by atoms with Gasteiger partial charge < -0.3 is 35.0 Å². The third kappa shape index (κ3) is 5.14. The largest absolute Gasteiger partial charge is 0.394 e. The van der Waals surface area contributed by atoms with Crippen molar-refractivity contribution in [1.82, 2.24) is 0 Å². The van der Waals surface area contributed by atoms with Gasteiger partial charge in [-0.2, -0.15) is 0 Å². The molecule has 0 spiro atoms. The molecule has 156 valence electrons. The van der Waals surface area contributed by atoms with Gasteiger partial charge in [-0.05, 0) is 42.7 Å². The highest BCUT2D eigenvalue weighted by atomic mass is 16.7. The van der Waals surface area contributed by atoms with Crippen LogP contribution in [0.25, 0.3) is 0 Å². The van der Waals surface area contributed by atoms with Gasteiger partial charge >= 0.3 is 0 Å². The molecule has 1 heterocycles. The first-order chi connectivity index (χ1) is 12.6. The Morgan fingerprint density at radius 1 is 1.22 bits per heavy atom. The molecule has 1 aliphatic heterocycles. The number of carbonyl (C=O) groups is 1. The van der Waals surface area contributed by atoms with Crippen LogP contribution < -0.4 is 0 Å². The lowest BCUT2D eigenvalue weighted by Gasteiger charge is -2.41. The molecule has 0 unspecified atom stereocenters. The van der Waals surface area contributed by atoms with Crippen molar-refractivity contribution in [3.8, 4) is 0 Å². The lowest BCUT2D eigenvalue weighted by molar-refractivity contribution is -0.310. The predicted octanol–water partition coefficient (Wildman–Crippen LogP) is -0.494. The number of allylic oxidation sites excluding steroid dienone is 1. The Morgan fingerprint density at radius 2 is 1.89 bits per heavy atom. The minimum atomic E-state index is -1.47. The lowest BCUT2D eigenvalue weighted by Crippen LogP contribution is -2.59. The van der Waals surface area contributed by atoms with Crippen LogP contribution in [0.5, 0.6) is 0 Å². The van der Waals surface area contributed by atoms with Crippen LogP contribution in [0.2, 0.25) is 0 Å². The van der Waals surface area contributed by atoms with Gasteiger partial charge in [0.05, 0.1) is 19.3 Å². The Labute approximate surface area is 159 Å². The molecule has 2 rings (SSSR count). The van der Waals surface area contributed by atoms with Gasteiger partial charge in [0.15, 0.2) is 12.1 Å². The van der Waals surface area contributed by atoms with Crippen LogP contribution in [0.15, 0.2) is 11.6 Å². The van der Waals surface area contributed by atoms with E-state index in [1.54, 1.807) is 6.92 Å². The predicted molar refractivity (Wildman–Crippen MR) is 95.6 cm³/mol. The van der Waals surface area contributed by atoms with Crippen molar-refractivity contribution in [2.45, 2.75) is 76.8 Å². The topological polar surface area (TPSA) is 137 Å². The van der Waals surface area contributed by atoms with Gasteiger partial charge in [-0.1, -0.05) is 13.8 Å². The van der Waals surface area contributed by atoms with Gasteiger partial charge in [-0.15, -0.1) is 0 Å². The maximum absolute atomic E-state index is 11.8. The number of aliphatic hydroxyl groups is 5. The molecule has 0 amide bonds. The Morgan fingerprint density at radius 3 is 2.48 bits per heavy atom. The number of aliphatic hydroxyl groups excluding tert-OH is 5. The van der Waals surface area contributed by atoms with Crippen molar-refractivity contribution in [1.29, 1.82) is 0 Å². The molecule has 8 nitrogen and oxygen atoms in total. The normalized spacial score (nSPS) is 37.8. The van der Waals surface area contributed by atoms with E-state index in [9.17, 15) is 30.3 Å². The zero-order chi connectivity index (χ0) is 20.4. The summed E-state index contributed by atoms with van der Waals surface area (Å²) in [6, 6.07) is 0. The van der Waals surface area contributed by atoms with Crippen LogP contribution in [-0.4, -0.2) is 81.3 Å². The SMILES string of the molecule is C[C@H](CC[C@H]1C(CO)=CC(=O)CC1(C)C)O[C@@H]1O[C@H](CO)[C@H](O)[C@H](O)[C@H]1O. The summed E-state index contributed by atoms with van der Waals surface area (Å²) >= 11 is 0. The molecule has 0 bridgehead atoms. The maximum Gasteiger partial charge on any atom is 0.186 e. The summed E-state index contributed by atoms with van der Waals surface area (Å²) in [5.74, 6) is 0.0481. The molecule has 0 aromatic carbocycles. The molecule has 27 heavy (non-hydrogen) atoms. The Balaban J connectivity index is 1.96. The van der Waals surface area contributed by atoms with Crippen LogP contribution in [0.3, 0.4) is 0 Å². The zero-order valence-corrected chi connectivity index (χ0v) is 16.1. The summed E-state index contributed by atoms with van der Waals surface area (Å²) in [4.78, 5) is 11.8. The first-order valence-electron chi connectivity index (χ1n) is 9.40. The minimum Gasteiger partial charge on any atom is -0.394 e. The average molecular weight is 388 g/mol. The summed E-state index contributed by atoms with van der Waals surface area (Å²) in [6.07, 6.45) is -3.64.